The van der Waals surface area contributed by atoms with Crippen LogP contribution in [0.5, 0.6) is 0 Å². The van der Waals surface area contributed by atoms with Gasteiger partial charge in [-0.2, -0.15) is 10.2 Å². The lowest BCUT2D eigenvalue weighted by molar-refractivity contribution is 0.590. The Morgan fingerprint density at radius 3 is 2.68 bits per heavy atom. The van der Waals surface area contributed by atoms with Crippen molar-refractivity contribution in [2.24, 2.45) is 0 Å². The maximum absolute atomic E-state index is 4.30. The van der Waals surface area contributed by atoms with Crippen LogP contribution < -0.4 is 5.32 Å². The average Bonchev–Trinajstić information content (AvgIpc) is 2.88. The van der Waals surface area contributed by atoms with E-state index in [1.165, 1.54) is 0 Å². The third-order valence-corrected chi connectivity index (χ3v) is 4.02. The van der Waals surface area contributed by atoms with Crippen LogP contribution >= 0.6 is 11.3 Å². The van der Waals surface area contributed by atoms with Gasteiger partial charge in [-0.25, -0.2) is 0 Å². The standard InChI is InChI=1S/C13H19N5S/c1-5-11-10(7-8(3)15-16-11)13-18-17-12(19-13)9(4)14-6-2/h7,9,14H,5-6H2,1-4H3. The lowest BCUT2D eigenvalue weighted by Gasteiger charge is -2.06. The normalized spacial score (nSPS) is 12.6. The molecule has 19 heavy (non-hydrogen) atoms. The molecular weight excluding hydrogens is 258 g/mol. The summed E-state index contributed by atoms with van der Waals surface area (Å²) in [5.41, 5.74) is 2.94. The predicted octanol–water partition coefficient (Wildman–Crippen LogP) is 2.54. The number of hydrogen-bond donors (Lipinski definition) is 1. The van der Waals surface area contributed by atoms with Crippen molar-refractivity contribution in [3.8, 4) is 10.6 Å². The topological polar surface area (TPSA) is 63.6 Å². The minimum absolute atomic E-state index is 0.234. The number of nitrogens with one attached hydrogen (secondary N) is 1. The van der Waals surface area contributed by atoms with E-state index in [1.54, 1.807) is 11.3 Å². The molecule has 2 rings (SSSR count). The van der Waals surface area contributed by atoms with Gasteiger partial charge >= 0.3 is 0 Å². The fraction of sp³-hybridized carbons (Fsp3) is 0.538. The Bertz CT molecular complexity index is 552. The van der Waals surface area contributed by atoms with Crippen LogP contribution in [0.3, 0.4) is 0 Å². The van der Waals surface area contributed by atoms with E-state index in [4.69, 9.17) is 0 Å². The van der Waals surface area contributed by atoms with E-state index < -0.39 is 0 Å². The van der Waals surface area contributed by atoms with Gasteiger partial charge in [-0.05, 0) is 32.9 Å². The Balaban J connectivity index is 2.34. The van der Waals surface area contributed by atoms with Crippen LogP contribution in [0.15, 0.2) is 6.07 Å². The first-order chi connectivity index (χ1) is 9.15. The van der Waals surface area contributed by atoms with Crippen LogP contribution in [-0.2, 0) is 6.42 Å². The second-order valence-corrected chi connectivity index (χ2v) is 5.43. The first-order valence-electron chi connectivity index (χ1n) is 6.56. The van der Waals surface area contributed by atoms with Gasteiger partial charge in [0.1, 0.15) is 10.0 Å². The molecule has 2 aromatic rings. The van der Waals surface area contributed by atoms with Crippen molar-refractivity contribution in [2.45, 2.75) is 40.2 Å². The molecule has 0 saturated heterocycles. The number of hydrogen-bond acceptors (Lipinski definition) is 6. The van der Waals surface area contributed by atoms with Gasteiger partial charge in [0.05, 0.1) is 17.4 Å². The molecule has 0 aliphatic carbocycles. The van der Waals surface area contributed by atoms with Gasteiger partial charge in [-0.3, -0.25) is 0 Å². The highest BCUT2D eigenvalue weighted by Crippen LogP contribution is 2.28. The van der Waals surface area contributed by atoms with Gasteiger partial charge in [0.2, 0.25) is 0 Å². The third-order valence-electron chi connectivity index (χ3n) is 2.88. The minimum Gasteiger partial charge on any atom is -0.308 e. The first kappa shape index (κ1) is 14.0. The van der Waals surface area contributed by atoms with E-state index >= 15 is 0 Å². The highest BCUT2D eigenvalue weighted by atomic mass is 32.1. The van der Waals surface area contributed by atoms with E-state index in [9.17, 15) is 0 Å². The molecular formula is C13H19N5S. The second-order valence-electron chi connectivity index (χ2n) is 4.42. The summed E-state index contributed by atoms with van der Waals surface area (Å²) in [5, 5.41) is 22.2. The van der Waals surface area contributed by atoms with Gasteiger partial charge in [-0.1, -0.05) is 25.2 Å². The van der Waals surface area contributed by atoms with Gasteiger partial charge in [0.25, 0.3) is 0 Å². The summed E-state index contributed by atoms with van der Waals surface area (Å²) in [6.45, 7) is 9.13. The Hall–Kier alpha value is -1.40. The zero-order valence-corrected chi connectivity index (χ0v) is 12.6. The first-order valence-corrected chi connectivity index (χ1v) is 7.37. The Labute approximate surface area is 117 Å². The van der Waals surface area contributed by atoms with Crippen molar-refractivity contribution < 1.29 is 0 Å². The van der Waals surface area contributed by atoms with E-state index in [1.807, 2.05) is 13.0 Å². The van der Waals surface area contributed by atoms with Crippen molar-refractivity contribution in [3.05, 3.63) is 22.5 Å². The molecule has 0 amide bonds. The molecule has 1 atom stereocenters. The molecule has 102 valence electrons. The summed E-state index contributed by atoms with van der Waals surface area (Å²) >= 11 is 1.62. The van der Waals surface area contributed by atoms with Crippen molar-refractivity contribution in [3.63, 3.8) is 0 Å². The molecule has 6 heteroatoms. The molecule has 0 saturated carbocycles. The number of aromatic nitrogens is 4. The van der Waals surface area contributed by atoms with Crippen LogP contribution in [0.1, 0.15) is 43.2 Å². The molecule has 1 N–H and O–H groups in total. The Morgan fingerprint density at radius 2 is 2.00 bits per heavy atom. The Morgan fingerprint density at radius 1 is 1.21 bits per heavy atom. The summed E-state index contributed by atoms with van der Waals surface area (Å²) in [7, 11) is 0. The van der Waals surface area contributed by atoms with Crippen molar-refractivity contribution in [1.82, 2.24) is 25.7 Å². The van der Waals surface area contributed by atoms with Crippen LogP contribution in [0.25, 0.3) is 10.6 Å². The van der Waals surface area contributed by atoms with Crippen molar-refractivity contribution in [1.29, 1.82) is 0 Å². The molecule has 0 aliphatic heterocycles. The summed E-state index contributed by atoms with van der Waals surface area (Å²) in [6.07, 6.45) is 0.848. The Kier molecular flexibility index (Phi) is 4.55. The molecule has 0 aromatic carbocycles. The molecule has 5 nitrogen and oxygen atoms in total. The largest absolute Gasteiger partial charge is 0.308 e. The van der Waals surface area contributed by atoms with E-state index in [-0.39, 0.29) is 6.04 Å². The van der Waals surface area contributed by atoms with Crippen molar-refractivity contribution >= 4 is 11.3 Å². The molecule has 0 bridgehead atoms. The SMILES string of the molecule is CCNC(C)c1nnc(-c2cc(C)nnc2CC)s1. The maximum Gasteiger partial charge on any atom is 0.149 e. The van der Waals surface area contributed by atoms with Crippen LogP contribution in [0.2, 0.25) is 0 Å². The van der Waals surface area contributed by atoms with Crippen LogP contribution in [-0.4, -0.2) is 26.9 Å². The molecule has 0 spiro atoms. The van der Waals surface area contributed by atoms with E-state index in [0.29, 0.717) is 0 Å². The highest BCUT2D eigenvalue weighted by molar-refractivity contribution is 7.14. The monoisotopic (exact) mass is 277 g/mol. The van der Waals surface area contributed by atoms with Gasteiger partial charge in [0, 0.05) is 5.56 Å². The van der Waals surface area contributed by atoms with Gasteiger partial charge in [-0.15, -0.1) is 10.2 Å². The number of rotatable bonds is 5. The van der Waals surface area contributed by atoms with Crippen LogP contribution in [0.4, 0.5) is 0 Å². The lowest BCUT2D eigenvalue weighted by Crippen LogP contribution is -2.17. The molecule has 0 aliphatic rings. The fourth-order valence-corrected chi connectivity index (χ4v) is 2.78. The van der Waals surface area contributed by atoms with Gasteiger partial charge in [0.15, 0.2) is 0 Å². The predicted molar refractivity (Wildman–Crippen MR) is 77.1 cm³/mol. The molecule has 1 unspecified atom stereocenters. The minimum atomic E-state index is 0.234. The molecule has 0 fully saturated rings. The summed E-state index contributed by atoms with van der Waals surface area (Å²) in [4.78, 5) is 0. The molecule has 2 aromatic heterocycles. The molecule has 0 radical (unpaired) electrons. The summed E-state index contributed by atoms with van der Waals surface area (Å²) in [6, 6.07) is 2.27. The van der Waals surface area contributed by atoms with E-state index in [2.05, 4.69) is 46.5 Å². The number of nitrogens with zero attached hydrogens (tertiary/aromatic N) is 4. The number of aryl methyl sites for hydroxylation is 2. The average molecular weight is 277 g/mol. The smallest absolute Gasteiger partial charge is 0.149 e. The maximum atomic E-state index is 4.30. The highest BCUT2D eigenvalue weighted by Gasteiger charge is 2.15. The fourth-order valence-electron chi connectivity index (χ4n) is 1.87. The van der Waals surface area contributed by atoms with Crippen LogP contribution in [0, 0.1) is 6.92 Å². The summed E-state index contributed by atoms with van der Waals surface area (Å²) in [5.74, 6) is 0. The lowest BCUT2D eigenvalue weighted by atomic mass is 10.1. The van der Waals surface area contributed by atoms with Crippen molar-refractivity contribution in [2.75, 3.05) is 6.54 Å². The quantitative estimate of drug-likeness (QED) is 0.910. The zero-order valence-electron chi connectivity index (χ0n) is 11.8. The second kappa shape index (κ2) is 6.16. The summed E-state index contributed by atoms with van der Waals surface area (Å²) < 4.78 is 0. The van der Waals surface area contributed by atoms with Gasteiger partial charge < -0.3 is 5.32 Å². The third kappa shape index (κ3) is 3.13. The molecule has 2 heterocycles. The zero-order chi connectivity index (χ0) is 13.8. The van der Waals surface area contributed by atoms with E-state index in [0.717, 1.165) is 39.9 Å².